The van der Waals surface area contributed by atoms with E-state index in [4.69, 9.17) is 0 Å². The van der Waals surface area contributed by atoms with Gasteiger partial charge in [-0.3, -0.25) is 4.90 Å². The van der Waals surface area contributed by atoms with E-state index in [2.05, 4.69) is 22.0 Å². The van der Waals surface area contributed by atoms with E-state index in [1.807, 2.05) is 31.3 Å². The number of nitrogens with zero attached hydrogens (tertiary/aromatic N) is 3. The molecule has 0 aliphatic carbocycles. The van der Waals surface area contributed by atoms with Crippen LogP contribution in [-0.4, -0.2) is 54.5 Å². The highest BCUT2D eigenvalue weighted by Gasteiger charge is 2.29. The second-order valence-corrected chi connectivity index (χ2v) is 9.51. The maximum absolute atomic E-state index is 11.9. The van der Waals surface area contributed by atoms with Crippen LogP contribution in [0.5, 0.6) is 0 Å². The van der Waals surface area contributed by atoms with E-state index < -0.39 is 10.0 Å². The number of piperidine rings is 1. The zero-order valence-corrected chi connectivity index (χ0v) is 16.4. The summed E-state index contributed by atoms with van der Waals surface area (Å²) in [7, 11) is -3.11. The van der Waals surface area contributed by atoms with Gasteiger partial charge in [-0.05, 0) is 18.4 Å². The lowest BCUT2D eigenvalue weighted by Crippen LogP contribution is -2.46. The quantitative estimate of drug-likeness (QED) is 0.774. The van der Waals surface area contributed by atoms with Gasteiger partial charge in [0.05, 0.1) is 17.7 Å². The average Bonchev–Trinajstić information content (AvgIpc) is 3.05. The van der Waals surface area contributed by atoms with Crippen molar-refractivity contribution in [3.05, 3.63) is 41.5 Å². The summed E-state index contributed by atoms with van der Waals surface area (Å²) in [5.41, 5.74) is 1.21. The topological polar surface area (TPSA) is 53.5 Å². The van der Waals surface area contributed by atoms with Crippen LogP contribution < -0.4 is 0 Å². The molecule has 1 aliphatic rings. The molecule has 2 aromatic rings. The van der Waals surface area contributed by atoms with Gasteiger partial charge in [-0.2, -0.15) is 4.31 Å². The lowest BCUT2D eigenvalue weighted by molar-refractivity contribution is 0.156. The fourth-order valence-corrected chi connectivity index (χ4v) is 5.63. The molecule has 7 heteroatoms. The van der Waals surface area contributed by atoms with Crippen LogP contribution in [0.1, 0.15) is 24.8 Å². The van der Waals surface area contributed by atoms with Crippen molar-refractivity contribution < 1.29 is 8.42 Å². The molecule has 25 heavy (non-hydrogen) atoms. The van der Waals surface area contributed by atoms with Crippen LogP contribution in [-0.2, 0) is 16.6 Å². The molecule has 1 fully saturated rings. The Labute approximate surface area is 154 Å². The Balaban J connectivity index is 1.57. The number of sulfonamides is 1. The Morgan fingerprint density at radius 1 is 1.24 bits per heavy atom. The van der Waals surface area contributed by atoms with Gasteiger partial charge < -0.3 is 0 Å². The van der Waals surface area contributed by atoms with E-state index in [9.17, 15) is 8.42 Å². The molecule has 1 aromatic carbocycles. The highest BCUT2D eigenvalue weighted by atomic mass is 32.2. The maximum atomic E-state index is 11.9. The second-order valence-electron chi connectivity index (χ2n) is 6.46. The molecule has 2 heterocycles. The Bertz CT molecular complexity index is 782. The summed E-state index contributed by atoms with van der Waals surface area (Å²) in [5.74, 6) is 0. The van der Waals surface area contributed by atoms with Crippen molar-refractivity contribution in [2.75, 3.05) is 25.9 Å². The van der Waals surface area contributed by atoms with E-state index in [0.29, 0.717) is 6.54 Å². The molecule has 0 radical (unpaired) electrons. The van der Waals surface area contributed by atoms with Crippen LogP contribution in [0, 0.1) is 0 Å². The van der Waals surface area contributed by atoms with Gasteiger partial charge in [-0.15, -0.1) is 11.3 Å². The molecular formula is C18H25N3O2S2. The van der Waals surface area contributed by atoms with Gasteiger partial charge in [-0.1, -0.05) is 37.3 Å². The van der Waals surface area contributed by atoms with Gasteiger partial charge >= 0.3 is 0 Å². The van der Waals surface area contributed by atoms with Crippen molar-refractivity contribution in [1.82, 2.24) is 14.2 Å². The molecule has 0 saturated carbocycles. The lowest BCUT2D eigenvalue weighted by Gasteiger charge is -2.36. The third-order valence-electron chi connectivity index (χ3n) is 4.67. The Morgan fingerprint density at radius 2 is 1.92 bits per heavy atom. The standard InChI is InChI=1S/C18H25N3O2S2/c1-3-21(25(2,22)23)16-9-11-20(12-10-16)14-18-19-13-17(24-18)15-7-5-4-6-8-15/h4-8,13,16H,3,9-12,14H2,1-2H3. The van der Waals surface area contributed by atoms with Crippen molar-refractivity contribution in [3.63, 3.8) is 0 Å². The van der Waals surface area contributed by atoms with Gasteiger partial charge in [-0.25, -0.2) is 13.4 Å². The van der Waals surface area contributed by atoms with Gasteiger partial charge in [0, 0.05) is 31.9 Å². The first-order valence-electron chi connectivity index (χ1n) is 8.66. The minimum atomic E-state index is -3.11. The van der Waals surface area contributed by atoms with E-state index in [1.54, 1.807) is 15.6 Å². The number of likely N-dealkylation sites (tertiary alicyclic amines) is 1. The summed E-state index contributed by atoms with van der Waals surface area (Å²) in [5, 5.41) is 1.12. The first-order chi connectivity index (χ1) is 12.0. The van der Waals surface area contributed by atoms with Crippen LogP contribution in [0.2, 0.25) is 0 Å². The summed E-state index contributed by atoms with van der Waals surface area (Å²) in [4.78, 5) is 8.14. The molecular weight excluding hydrogens is 354 g/mol. The first kappa shape index (κ1) is 18.5. The molecule has 0 atom stereocenters. The minimum absolute atomic E-state index is 0.132. The monoisotopic (exact) mass is 379 g/mol. The van der Waals surface area contributed by atoms with Crippen LogP contribution >= 0.6 is 11.3 Å². The third-order valence-corrected chi connectivity index (χ3v) is 7.11. The molecule has 3 rings (SSSR count). The first-order valence-corrected chi connectivity index (χ1v) is 11.3. The van der Waals surface area contributed by atoms with Crippen LogP contribution in [0.3, 0.4) is 0 Å². The molecule has 0 N–H and O–H groups in total. The Hall–Kier alpha value is -1.28. The van der Waals surface area contributed by atoms with E-state index in [0.717, 1.165) is 37.5 Å². The Morgan fingerprint density at radius 3 is 2.52 bits per heavy atom. The average molecular weight is 380 g/mol. The SMILES string of the molecule is CCN(C1CCN(Cc2ncc(-c3ccccc3)s2)CC1)S(C)(=O)=O. The number of benzene rings is 1. The summed E-state index contributed by atoms with van der Waals surface area (Å²) in [6.07, 6.45) is 5.03. The smallest absolute Gasteiger partial charge is 0.211 e. The molecule has 136 valence electrons. The zero-order valence-electron chi connectivity index (χ0n) is 14.8. The largest absolute Gasteiger partial charge is 0.297 e. The van der Waals surface area contributed by atoms with Crippen molar-refractivity contribution in [2.45, 2.75) is 32.4 Å². The van der Waals surface area contributed by atoms with E-state index in [1.165, 1.54) is 16.7 Å². The molecule has 1 aromatic heterocycles. The molecule has 1 saturated heterocycles. The Kier molecular flexibility index (Phi) is 5.89. The number of hydrogen-bond donors (Lipinski definition) is 0. The summed E-state index contributed by atoms with van der Waals surface area (Å²) < 4.78 is 25.4. The highest BCUT2D eigenvalue weighted by molar-refractivity contribution is 7.88. The highest BCUT2D eigenvalue weighted by Crippen LogP contribution is 2.27. The zero-order chi connectivity index (χ0) is 17.9. The van der Waals surface area contributed by atoms with Gasteiger partial charge in [0.25, 0.3) is 0 Å². The minimum Gasteiger partial charge on any atom is -0.297 e. The number of aromatic nitrogens is 1. The van der Waals surface area contributed by atoms with Crippen molar-refractivity contribution in [2.24, 2.45) is 0 Å². The van der Waals surface area contributed by atoms with Gasteiger partial charge in [0.2, 0.25) is 10.0 Å². The van der Waals surface area contributed by atoms with Crippen molar-refractivity contribution >= 4 is 21.4 Å². The van der Waals surface area contributed by atoms with Gasteiger partial charge in [0.15, 0.2) is 0 Å². The number of thiazole rings is 1. The number of hydrogen-bond acceptors (Lipinski definition) is 5. The lowest BCUT2D eigenvalue weighted by atomic mass is 10.1. The summed E-state index contributed by atoms with van der Waals surface area (Å²) in [6, 6.07) is 10.4. The third kappa shape index (κ3) is 4.67. The molecule has 0 amide bonds. The predicted molar refractivity (Wildman–Crippen MR) is 103 cm³/mol. The van der Waals surface area contributed by atoms with Crippen molar-refractivity contribution in [3.8, 4) is 10.4 Å². The van der Waals surface area contributed by atoms with Crippen LogP contribution in [0.15, 0.2) is 36.5 Å². The van der Waals surface area contributed by atoms with Gasteiger partial charge in [0.1, 0.15) is 5.01 Å². The maximum Gasteiger partial charge on any atom is 0.211 e. The summed E-state index contributed by atoms with van der Waals surface area (Å²) in [6.45, 7) is 5.13. The molecule has 5 nitrogen and oxygen atoms in total. The fourth-order valence-electron chi connectivity index (χ4n) is 3.44. The number of rotatable bonds is 6. The van der Waals surface area contributed by atoms with Crippen LogP contribution in [0.25, 0.3) is 10.4 Å². The second kappa shape index (κ2) is 7.95. The fraction of sp³-hybridized carbons (Fsp3) is 0.500. The summed E-state index contributed by atoms with van der Waals surface area (Å²) >= 11 is 1.74. The molecule has 0 unspecified atom stereocenters. The van der Waals surface area contributed by atoms with E-state index >= 15 is 0 Å². The predicted octanol–water partition coefficient (Wildman–Crippen LogP) is 3.06. The molecule has 0 spiro atoms. The normalized spacial score (nSPS) is 17.2. The van der Waals surface area contributed by atoms with Crippen molar-refractivity contribution in [1.29, 1.82) is 0 Å². The van der Waals surface area contributed by atoms with E-state index in [-0.39, 0.29) is 6.04 Å². The molecule has 1 aliphatic heterocycles. The van der Waals surface area contributed by atoms with Crippen LogP contribution in [0.4, 0.5) is 0 Å². The molecule has 0 bridgehead atoms.